The van der Waals surface area contributed by atoms with Crippen LogP contribution in [0.1, 0.15) is 34.6 Å². The maximum Gasteiger partial charge on any atom is 0.434 e. The van der Waals surface area contributed by atoms with E-state index in [1.165, 1.54) is 0 Å². The Morgan fingerprint density at radius 3 is 2.21 bits per heavy atom. The van der Waals surface area contributed by atoms with Crippen molar-refractivity contribution in [1.82, 2.24) is 5.01 Å². The van der Waals surface area contributed by atoms with E-state index in [2.05, 4.69) is 5.29 Å². The van der Waals surface area contributed by atoms with Crippen molar-refractivity contribution in [2.24, 2.45) is 10.7 Å². The third-order valence-corrected chi connectivity index (χ3v) is 3.23. The van der Waals surface area contributed by atoms with Crippen LogP contribution in [0.5, 0.6) is 0 Å². The highest BCUT2D eigenvalue weighted by molar-refractivity contribution is 5.71. The van der Waals surface area contributed by atoms with Crippen LogP contribution in [-0.2, 0) is 4.74 Å². The molecule has 1 aliphatic rings. The molecular formula is C9H16N2O3. The van der Waals surface area contributed by atoms with Crippen LogP contribution >= 0.6 is 0 Å². The first-order valence-corrected chi connectivity index (χ1v) is 4.59. The van der Waals surface area contributed by atoms with Crippen LogP contribution in [0.4, 0.5) is 4.79 Å². The summed E-state index contributed by atoms with van der Waals surface area (Å²) in [6.45, 7) is 9.47. The average Bonchev–Trinajstić information content (AvgIpc) is 2.23. The van der Waals surface area contributed by atoms with Gasteiger partial charge in [0.2, 0.25) is 0 Å². The summed E-state index contributed by atoms with van der Waals surface area (Å²) < 4.78 is 5.22. The number of rotatable bonds is 1. The van der Waals surface area contributed by atoms with Crippen LogP contribution in [0.3, 0.4) is 0 Å². The van der Waals surface area contributed by atoms with Crippen LogP contribution in [0.25, 0.3) is 0 Å². The molecule has 5 nitrogen and oxygen atoms in total. The van der Waals surface area contributed by atoms with E-state index in [1.54, 1.807) is 6.92 Å². The summed E-state index contributed by atoms with van der Waals surface area (Å²) in [5, 5.41) is 3.52. The summed E-state index contributed by atoms with van der Waals surface area (Å²) in [4.78, 5) is 21.7. The fourth-order valence-electron chi connectivity index (χ4n) is 1.59. The van der Waals surface area contributed by atoms with Gasteiger partial charge >= 0.3 is 6.09 Å². The van der Waals surface area contributed by atoms with Gasteiger partial charge in [-0.2, -0.15) is 5.01 Å². The van der Waals surface area contributed by atoms with Crippen molar-refractivity contribution in [1.29, 1.82) is 0 Å². The molecule has 0 aliphatic carbocycles. The molecule has 0 saturated carbocycles. The van der Waals surface area contributed by atoms with E-state index in [9.17, 15) is 9.70 Å². The molecule has 0 spiro atoms. The molecule has 0 bridgehead atoms. The second-order valence-corrected chi connectivity index (χ2v) is 4.83. The van der Waals surface area contributed by atoms with Gasteiger partial charge in [-0.3, -0.25) is 0 Å². The van der Waals surface area contributed by atoms with E-state index in [0.29, 0.717) is 0 Å². The summed E-state index contributed by atoms with van der Waals surface area (Å²) >= 11 is 0. The molecule has 0 radical (unpaired) electrons. The lowest BCUT2D eigenvalue weighted by molar-refractivity contribution is -0.0364. The van der Waals surface area contributed by atoms with Gasteiger partial charge in [0.15, 0.2) is 0 Å². The first kappa shape index (κ1) is 10.9. The van der Waals surface area contributed by atoms with Crippen molar-refractivity contribution in [3.63, 3.8) is 0 Å². The van der Waals surface area contributed by atoms with Crippen molar-refractivity contribution in [2.75, 3.05) is 0 Å². The second-order valence-electron chi connectivity index (χ2n) is 4.83. The van der Waals surface area contributed by atoms with Gasteiger partial charge in [-0.05, 0) is 13.8 Å². The normalized spacial score (nSPS) is 33.1. The number of hydrogen-bond donors (Lipinski definition) is 0. The van der Waals surface area contributed by atoms with Crippen molar-refractivity contribution in [2.45, 2.75) is 46.3 Å². The Morgan fingerprint density at radius 2 is 2.00 bits per heavy atom. The van der Waals surface area contributed by atoms with E-state index >= 15 is 0 Å². The Bertz CT molecular complexity index is 272. The number of ether oxygens (including phenoxy) is 1. The number of carbonyl (C=O) groups is 1. The zero-order chi connectivity index (χ0) is 11.1. The van der Waals surface area contributed by atoms with Crippen molar-refractivity contribution in [3.8, 4) is 0 Å². The van der Waals surface area contributed by atoms with Crippen molar-refractivity contribution < 1.29 is 9.53 Å². The number of nitroso groups, excluding NO2 is 1. The minimum atomic E-state index is -0.683. The Morgan fingerprint density at radius 1 is 1.50 bits per heavy atom. The predicted octanol–water partition coefficient (Wildman–Crippen LogP) is 2.31. The van der Waals surface area contributed by atoms with Crippen LogP contribution < -0.4 is 0 Å². The van der Waals surface area contributed by atoms with E-state index < -0.39 is 11.7 Å². The highest BCUT2D eigenvalue weighted by atomic mass is 16.6. The van der Waals surface area contributed by atoms with Gasteiger partial charge in [-0.1, -0.05) is 20.8 Å². The monoisotopic (exact) mass is 200 g/mol. The van der Waals surface area contributed by atoms with Gasteiger partial charge in [0, 0.05) is 5.41 Å². The summed E-state index contributed by atoms with van der Waals surface area (Å²) in [7, 11) is 0. The highest BCUT2D eigenvalue weighted by Crippen LogP contribution is 2.43. The van der Waals surface area contributed by atoms with Crippen LogP contribution in [0, 0.1) is 10.3 Å². The van der Waals surface area contributed by atoms with Gasteiger partial charge in [0.25, 0.3) is 0 Å². The van der Waals surface area contributed by atoms with Gasteiger partial charge in [-0.25, -0.2) is 4.79 Å². The molecule has 80 valence electrons. The molecule has 14 heavy (non-hydrogen) atoms. The summed E-state index contributed by atoms with van der Waals surface area (Å²) in [5.74, 6) is 0. The van der Waals surface area contributed by atoms with Gasteiger partial charge in [0.1, 0.15) is 5.60 Å². The number of amides is 1. The third kappa shape index (κ3) is 1.27. The Balaban J connectivity index is 3.06. The Kier molecular flexibility index (Phi) is 2.29. The van der Waals surface area contributed by atoms with Crippen LogP contribution in [-0.4, -0.2) is 22.7 Å². The molecule has 1 amide bonds. The zero-order valence-corrected chi connectivity index (χ0v) is 9.20. The SMILES string of the molecule is C[C@@H]1N(N=O)C(=O)O[C@@]1(C)C(C)(C)C. The quantitative estimate of drug-likeness (QED) is 0.610. The number of hydrogen-bond acceptors (Lipinski definition) is 4. The maximum atomic E-state index is 11.3. The molecule has 1 rings (SSSR count). The minimum Gasteiger partial charge on any atom is -0.439 e. The number of carbonyl (C=O) groups excluding carboxylic acids is 1. The highest BCUT2D eigenvalue weighted by Gasteiger charge is 2.56. The summed E-state index contributed by atoms with van der Waals surface area (Å²) in [6, 6.07) is -0.340. The first-order valence-electron chi connectivity index (χ1n) is 4.59. The molecule has 1 fully saturated rings. The molecule has 2 atom stereocenters. The minimum absolute atomic E-state index is 0.235. The van der Waals surface area contributed by atoms with E-state index in [-0.39, 0.29) is 11.5 Å². The number of nitrogens with zero attached hydrogens (tertiary/aromatic N) is 2. The van der Waals surface area contributed by atoms with Gasteiger partial charge in [0.05, 0.1) is 11.3 Å². The zero-order valence-electron chi connectivity index (χ0n) is 9.20. The van der Waals surface area contributed by atoms with Crippen molar-refractivity contribution >= 4 is 6.09 Å². The predicted molar refractivity (Wildman–Crippen MR) is 51.4 cm³/mol. The lowest BCUT2D eigenvalue weighted by Crippen LogP contribution is -2.49. The standard InChI is InChI=1S/C9H16N2O3/c1-6-9(5,8(2,3)4)14-7(12)11(6)10-13/h6H,1-5H3/t6-,9+/m0/s1. The molecule has 0 unspecified atom stereocenters. The second kappa shape index (κ2) is 2.93. The van der Waals surface area contributed by atoms with Crippen LogP contribution in [0.2, 0.25) is 0 Å². The van der Waals surface area contributed by atoms with Crippen LogP contribution in [0.15, 0.2) is 5.29 Å². The lowest BCUT2D eigenvalue weighted by atomic mass is 9.74. The number of cyclic esters (lactones) is 1. The molecule has 0 aromatic rings. The molecular weight excluding hydrogens is 184 g/mol. The molecule has 0 N–H and O–H groups in total. The summed E-state index contributed by atoms with van der Waals surface area (Å²) in [6.07, 6.45) is -0.662. The van der Waals surface area contributed by atoms with Crippen molar-refractivity contribution in [3.05, 3.63) is 4.91 Å². The van der Waals surface area contributed by atoms with Gasteiger partial charge < -0.3 is 4.74 Å². The van der Waals surface area contributed by atoms with E-state index in [0.717, 1.165) is 5.01 Å². The van der Waals surface area contributed by atoms with E-state index in [4.69, 9.17) is 4.74 Å². The first-order chi connectivity index (χ1) is 6.24. The Hall–Kier alpha value is -1.13. The fourth-order valence-corrected chi connectivity index (χ4v) is 1.59. The molecule has 1 heterocycles. The Labute approximate surface area is 83.4 Å². The third-order valence-electron chi connectivity index (χ3n) is 3.23. The largest absolute Gasteiger partial charge is 0.439 e. The van der Waals surface area contributed by atoms with Gasteiger partial charge in [-0.15, -0.1) is 4.91 Å². The molecule has 5 heteroatoms. The summed E-state index contributed by atoms with van der Waals surface area (Å²) in [5.41, 5.74) is -0.917. The average molecular weight is 200 g/mol. The fraction of sp³-hybridized carbons (Fsp3) is 0.889. The molecule has 0 aromatic carbocycles. The lowest BCUT2D eigenvalue weighted by Gasteiger charge is -2.39. The molecule has 1 aliphatic heterocycles. The smallest absolute Gasteiger partial charge is 0.434 e. The molecule has 1 saturated heterocycles. The van der Waals surface area contributed by atoms with E-state index in [1.807, 2.05) is 27.7 Å². The topological polar surface area (TPSA) is 59.0 Å². The maximum absolute atomic E-state index is 11.3. The molecule has 0 aromatic heterocycles.